The molecule has 0 amide bonds. The van der Waals surface area contributed by atoms with Crippen molar-refractivity contribution in [3.63, 3.8) is 0 Å². The molecule has 12 heavy (non-hydrogen) atoms. The Kier molecular flexibility index (Phi) is 2.69. The lowest BCUT2D eigenvalue weighted by Gasteiger charge is -2.41. The van der Waals surface area contributed by atoms with E-state index in [0.717, 1.165) is 24.3 Å². The van der Waals surface area contributed by atoms with E-state index >= 15 is 0 Å². The summed E-state index contributed by atoms with van der Waals surface area (Å²) in [5.41, 5.74) is 5.81. The average molecular weight is 167 g/mol. The molecule has 2 aliphatic carbocycles. The molecule has 2 rings (SSSR count). The molecule has 3 unspecified atom stereocenters. The van der Waals surface area contributed by atoms with E-state index in [1.807, 2.05) is 0 Å². The third kappa shape index (κ3) is 1.52. The van der Waals surface area contributed by atoms with E-state index < -0.39 is 0 Å². The molecule has 0 bridgehead atoms. The van der Waals surface area contributed by atoms with Crippen LogP contribution in [0.2, 0.25) is 0 Å². The molecule has 0 saturated heterocycles. The van der Waals surface area contributed by atoms with E-state index in [1.165, 1.54) is 44.9 Å². The predicted octanol–water partition coefficient (Wildman–Crippen LogP) is 2.55. The minimum atomic E-state index is 0.879. The van der Waals surface area contributed by atoms with E-state index in [2.05, 4.69) is 0 Å². The van der Waals surface area contributed by atoms with Crippen LogP contribution in [0.5, 0.6) is 0 Å². The Morgan fingerprint density at radius 1 is 0.917 bits per heavy atom. The maximum Gasteiger partial charge on any atom is -0.00461 e. The van der Waals surface area contributed by atoms with E-state index in [4.69, 9.17) is 5.73 Å². The molecule has 70 valence electrons. The molecule has 0 aromatic heterocycles. The maximum absolute atomic E-state index is 5.81. The smallest absolute Gasteiger partial charge is 0.00461 e. The molecule has 0 heterocycles. The van der Waals surface area contributed by atoms with Crippen LogP contribution in [0.15, 0.2) is 0 Å². The largest absolute Gasteiger partial charge is 0.330 e. The Labute approximate surface area is 75.7 Å². The van der Waals surface area contributed by atoms with Gasteiger partial charge in [-0.05, 0) is 37.1 Å². The van der Waals surface area contributed by atoms with Crippen molar-refractivity contribution in [3.8, 4) is 0 Å². The third-order valence-electron chi connectivity index (χ3n) is 4.03. The van der Waals surface area contributed by atoms with Gasteiger partial charge in [0.25, 0.3) is 0 Å². The molecule has 0 radical (unpaired) electrons. The topological polar surface area (TPSA) is 26.0 Å². The lowest BCUT2D eigenvalue weighted by atomic mass is 9.65. The minimum Gasteiger partial charge on any atom is -0.330 e. The van der Waals surface area contributed by atoms with E-state index in [9.17, 15) is 0 Å². The number of nitrogens with two attached hydrogens (primary N) is 1. The maximum atomic E-state index is 5.81. The van der Waals surface area contributed by atoms with Crippen LogP contribution in [0.25, 0.3) is 0 Å². The highest BCUT2D eigenvalue weighted by atomic mass is 14.6. The zero-order valence-corrected chi connectivity index (χ0v) is 7.97. The van der Waals surface area contributed by atoms with Crippen LogP contribution >= 0.6 is 0 Å². The first-order chi connectivity index (χ1) is 5.92. The standard InChI is InChI=1S/C11H21N/c12-8-10-6-3-5-9-4-1-2-7-11(9)10/h9-11H,1-8,12H2. The summed E-state index contributed by atoms with van der Waals surface area (Å²) in [6, 6.07) is 0. The summed E-state index contributed by atoms with van der Waals surface area (Å²) in [7, 11) is 0. The van der Waals surface area contributed by atoms with Crippen molar-refractivity contribution in [2.75, 3.05) is 6.54 Å². The van der Waals surface area contributed by atoms with Crippen molar-refractivity contribution in [1.82, 2.24) is 0 Å². The molecule has 2 fully saturated rings. The van der Waals surface area contributed by atoms with Crippen molar-refractivity contribution in [2.45, 2.75) is 44.9 Å². The zero-order valence-electron chi connectivity index (χ0n) is 7.97. The van der Waals surface area contributed by atoms with Crippen molar-refractivity contribution in [1.29, 1.82) is 0 Å². The van der Waals surface area contributed by atoms with Crippen LogP contribution < -0.4 is 5.73 Å². The van der Waals surface area contributed by atoms with Gasteiger partial charge in [-0.1, -0.05) is 32.1 Å². The predicted molar refractivity (Wildman–Crippen MR) is 51.8 cm³/mol. The molecule has 2 N–H and O–H groups in total. The molecule has 0 spiro atoms. The van der Waals surface area contributed by atoms with E-state index in [0.29, 0.717) is 0 Å². The molecule has 0 aliphatic heterocycles. The van der Waals surface area contributed by atoms with Gasteiger partial charge in [0.2, 0.25) is 0 Å². The first kappa shape index (κ1) is 8.55. The van der Waals surface area contributed by atoms with Crippen molar-refractivity contribution in [3.05, 3.63) is 0 Å². The normalized spacial score (nSPS) is 42.2. The summed E-state index contributed by atoms with van der Waals surface area (Å²) in [5, 5.41) is 0. The molecule has 2 saturated carbocycles. The Bertz CT molecular complexity index is 135. The molecular weight excluding hydrogens is 146 g/mol. The number of hydrogen-bond donors (Lipinski definition) is 1. The summed E-state index contributed by atoms with van der Waals surface area (Å²) >= 11 is 0. The highest BCUT2D eigenvalue weighted by Gasteiger charge is 2.33. The molecule has 3 atom stereocenters. The summed E-state index contributed by atoms with van der Waals surface area (Å²) < 4.78 is 0. The van der Waals surface area contributed by atoms with Crippen molar-refractivity contribution < 1.29 is 0 Å². The quantitative estimate of drug-likeness (QED) is 0.638. The van der Waals surface area contributed by atoms with E-state index in [-0.39, 0.29) is 0 Å². The molecular formula is C11H21N. The fraction of sp³-hybridized carbons (Fsp3) is 1.00. The first-order valence-electron chi connectivity index (χ1n) is 5.62. The Hall–Kier alpha value is -0.0400. The van der Waals surface area contributed by atoms with Gasteiger partial charge in [0.05, 0.1) is 0 Å². The lowest BCUT2D eigenvalue weighted by molar-refractivity contribution is 0.108. The SMILES string of the molecule is NCC1CCCC2CCCCC12. The fourth-order valence-corrected chi connectivity index (χ4v) is 3.36. The van der Waals surface area contributed by atoms with Crippen molar-refractivity contribution >= 4 is 0 Å². The van der Waals surface area contributed by atoms with Crippen LogP contribution in [0.1, 0.15) is 44.9 Å². The van der Waals surface area contributed by atoms with Crippen LogP contribution in [-0.4, -0.2) is 6.54 Å². The van der Waals surface area contributed by atoms with Crippen LogP contribution in [0.3, 0.4) is 0 Å². The number of rotatable bonds is 1. The van der Waals surface area contributed by atoms with Gasteiger partial charge in [0.1, 0.15) is 0 Å². The van der Waals surface area contributed by atoms with Gasteiger partial charge < -0.3 is 5.73 Å². The zero-order chi connectivity index (χ0) is 8.39. The number of hydrogen-bond acceptors (Lipinski definition) is 1. The van der Waals surface area contributed by atoms with E-state index in [1.54, 1.807) is 0 Å². The summed E-state index contributed by atoms with van der Waals surface area (Å²) in [6.45, 7) is 0.946. The van der Waals surface area contributed by atoms with Crippen LogP contribution in [0.4, 0.5) is 0 Å². The Morgan fingerprint density at radius 3 is 2.50 bits per heavy atom. The van der Waals surface area contributed by atoms with Gasteiger partial charge in [0.15, 0.2) is 0 Å². The van der Waals surface area contributed by atoms with Crippen LogP contribution in [-0.2, 0) is 0 Å². The minimum absolute atomic E-state index is 0.879. The highest BCUT2D eigenvalue weighted by molar-refractivity contribution is 4.85. The lowest BCUT2D eigenvalue weighted by Crippen LogP contribution is -2.34. The molecule has 1 nitrogen and oxygen atoms in total. The third-order valence-corrected chi connectivity index (χ3v) is 4.03. The van der Waals surface area contributed by atoms with Gasteiger partial charge >= 0.3 is 0 Å². The van der Waals surface area contributed by atoms with Gasteiger partial charge in [-0.15, -0.1) is 0 Å². The Morgan fingerprint density at radius 2 is 1.67 bits per heavy atom. The summed E-state index contributed by atoms with van der Waals surface area (Å²) in [6.07, 6.45) is 10.3. The second kappa shape index (κ2) is 3.78. The van der Waals surface area contributed by atoms with Gasteiger partial charge in [-0.2, -0.15) is 0 Å². The Balaban J connectivity index is 1.99. The second-order valence-electron chi connectivity index (χ2n) is 4.64. The summed E-state index contributed by atoms with van der Waals surface area (Å²) in [5.74, 6) is 2.95. The van der Waals surface area contributed by atoms with Gasteiger partial charge in [-0.3, -0.25) is 0 Å². The monoisotopic (exact) mass is 167 g/mol. The molecule has 2 aliphatic rings. The highest BCUT2D eigenvalue weighted by Crippen LogP contribution is 2.43. The molecule has 1 heteroatoms. The van der Waals surface area contributed by atoms with Crippen molar-refractivity contribution in [2.24, 2.45) is 23.5 Å². The van der Waals surface area contributed by atoms with Gasteiger partial charge in [-0.25, -0.2) is 0 Å². The van der Waals surface area contributed by atoms with Crippen LogP contribution in [0, 0.1) is 17.8 Å². The molecule has 0 aromatic carbocycles. The first-order valence-corrected chi connectivity index (χ1v) is 5.62. The fourth-order valence-electron chi connectivity index (χ4n) is 3.36. The average Bonchev–Trinajstić information content (AvgIpc) is 2.17. The number of fused-ring (bicyclic) bond motifs is 1. The van der Waals surface area contributed by atoms with Gasteiger partial charge in [0, 0.05) is 0 Å². The second-order valence-corrected chi connectivity index (χ2v) is 4.64. The summed E-state index contributed by atoms with van der Waals surface area (Å²) in [4.78, 5) is 0. The molecule has 0 aromatic rings.